The van der Waals surface area contributed by atoms with E-state index >= 15 is 0 Å². The second-order valence-corrected chi connectivity index (χ2v) is 6.17. The third kappa shape index (κ3) is 3.97. The summed E-state index contributed by atoms with van der Waals surface area (Å²) in [6, 6.07) is 13.2. The van der Waals surface area contributed by atoms with E-state index in [1.807, 2.05) is 54.8 Å². The number of hydrogen-bond donors (Lipinski definition) is 1. The molecule has 0 fully saturated rings. The van der Waals surface area contributed by atoms with Crippen LogP contribution in [0.4, 0.5) is 5.13 Å². The standard InChI is InChI=1S/C18H17N3O2S/c1-12-6-8-14(9-7-12)23-13(2)17(22)21-18-20-16(11-24-18)15-5-3-4-10-19-15/h3-11,13H,1-2H3,(H,20,21,22). The van der Waals surface area contributed by atoms with Gasteiger partial charge in [-0.05, 0) is 38.1 Å². The number of rotatable bonds is 5. The van der Waals surface area contributed by atoms with Crippen molar-refractivity contribution in [3.63, 3.8) is 0 Å². The number of benzene rings is 1. The summed E-state index contributed by atoms with van der Waals surface area (Å²) in [5, 5.41) is 5.17. The molecule has 0 aliphatic heterocycles. The summed E-state index contributed by atoms with van der Waals surface area (Å²) in [6.45, 7) is 3.71. The Morgan fingerprint density at radius 3 is 2.67 bits per heavy atom. The molecule has 0 bridgehead atoms. The van der Waals surface area contributed by atoms with Gasteiger partial charge in [0.2, 0.25) is 0 Å². The molecule has 0 aliphatic rings. The first-order chi connectivity index (χ1) is 11.6. The lowest BCUT2D eigenvalue weighted by Crippen LogP contribution is -2.30. The lowest BCUT2D eigenvalue weighted by atomic mass is 10.2. The van der Waals surface area contributed by atoms with Crippen LogP contribution in [0.2, 0.25) is 0 Å². The first-order valence-corrected chi connectivity index (χ1v) is 8.41. The summed E-state index contributed by atoms with van der Waals surface area (Å²) >= 11 is 1.36. The second-order valence-electron chi connectivity index (χ2n) is 5.32. The van der Waals surface area contributed by atoms with E-state index in [9.17, 15) is 4.79 Å². The first kappa shape index (κ1) is 16.1. The minimum Gasteiger partial charge on any atom is -0.481 e. The van der Waals surface area contributed by atoms with Gasteiger partial charge in [-0.15, -0.1) is 11.3 Å². The molecular weight excluding hydrogens is 322 g/mol. The van der Waals surface area contributed by atoms with Crippen molar-refractivity contribution >= 4 is 22.4 Å². The van der Waals surface area contributed by atoms with Crippen LogP contribution in [0.25, 0.3) is 11.4 Å². The van der Waals surface area contributed by atoms with Crippen molar-refractivity contribution in [1.29, 1.82) is 0 Å². The molecular formula is C18H17N3O2S. The van der Waals surface area contributed by atoms with Crippen molar-refractivity contribution in [2.45, 2.75) is 20.0 Å². The van der Waals surface area contributed by atoms with Crippen molar-refractivity contribution in [1.82, 2.24) is 9.97 Å². The van der Waals surface area contributed by atoms with Gasteiger partial charge in [0.25, 0.3) is 5.91 Å². The van der Waals surface area contributed by atoms with Crippen molar-refractivity contribution in [3.8, 4) is 17.1 Å². The van der Waals surface area contributed by atoms with Crippen LogP contribution in [-0.2, 0) is 4.79 Å². The van der Waals surface area contributed by atoms with Crippen molar-refractivity contribution in [2.24, 2.45) is 0 Å². The van der Waals surface area contributed by atoms with E-state index in [1.165, 1.54) is 11.3 Å². The maximum atomic E-state index is 12.2. The molecule has 0 saturated carbocycles. The Hall–Kier alpha value is -2.73. The van der Waals surface area contributed by atoms with Gasteiger partial charge >= 0.3 is 0 Å². The first-order valence-electron chi connectivity index (χ1n) is 7.53. The van der Waals surface area contributed by atoms with Gasteiger partial charge in [0, 0.05) is 11.6 Å². The van der Waals surface area contributed by atoms with Gasteiger partial charge in [0.1, 0.15) is 11.4 Å². The predicted octanol–water partition coefficient (Wildman–Crippen LogP) is 3.92. The second kappa shape index (κ2) is 7.23. The maximum absolute atomic E-state index is 12.2. The van der Waals surface area contributed by atoms with E-state index < -0.39 is 6.10 Å². The number of nitrogens with one attached hydrogen (secondary N) is 1. The third-order valence-electron chi connectivity index (χ3n) is 3.36. The van der Waals surface area contributed by atoms with Crippen molar-refractivity contribution in [2.75, 3.05) is 5.32 Å². The van der Waals surface area contributed by atoms with E-state index in [0.717, 1.165) is 17.0 Å². The van der Waals surface area contributed by atoms with Gasteiger partial charge in [-0.25, -0.2) is 4.98 Å². The van der Waals surface area contributed by atoms with Gasteiger partial charge < -0.3 is 4.74 Å². The van der Waals surface area contributed by atoms with Crippen molar-refractivity contribution < 1.29 is 9.53 Å². The molecule has 0 radical (unpaired) electrons. The summed E-state index contributed by atoms with van der Waals surface area (Å²) in [5.41, 5.74) is 2.66. The summed E-state index contributed by atoms with van der Waals surface area (Å²) in [4.78, 5) is 20.9. The monoisotopic (exact) mass is 339 g/mol. The molecule has 1 amide bonds. The molecule has 1 unspecified atom stereocenters. The SMILES string of the molecule is Cc1ccc(OC(C)C(=O)Nc2nc(-c3ccccn3)cs2)cc1. The third-order valence-corrected chi connectivity index (χ3v) is 4.12. The molecule has 0 spiro atoms. The van der Waals surface area contributed by atoms with E-state index in [0.29, 0.717) is 10.9 Å². The normalized spacial score (nSPS) is 11.8. The Labute approximate surface area is 144 Å². The Kier molecular flexibility index (Phi) is 4.86. The van der Waals surface area contributed by atoms with Gasteiger partial charge in [-0.1, -0.05) is 23.8 Å². The minimum atomic E-state index is -0.616. The number of hydrogen-bond acceptors (Lipinski definition) is 5. The van der Waals surface area contributed by atoms with Gasteiger partial charge in [-0.2, -0.15) is 0 Å². The van der Waals surface area contributed by atoms with Gasteiger partial charge in [-0.3, -0.25) is 15.1 Å². The van der Waals surface area contributed by atoms with Crippen LogP contribution in [0, 0.1) is 6.92 Å². The molecule has 6 heteroatoms. The summed E-state index contributed by atoms with van der Waals surface area (Å²) in [6.07, 6.45) is 1.10. The lowest BCUT2D eigenvalue weighted by Gasteiger charge is -2.13. The van der Waals surface area contributed by atoms with Gasteiger partial charge in [0.05, 0.1) is 5.69 Å². The molecule has 122 valence electrons. The molecule has 0 saturated heterocycles. The number of thiazole rings is 1. The Balaban J connectivity index is 1.62. The Morgan fingerprint density at radius 1 is 1.17 bits per heavy atom. The highest BCUT2D eigenvalue weighted by Gasteiger charge is 2.16. The number of amides is 1. The average molecular weight is 339 g/mol. The van der Waals surface area contributed by atoms with Crippen LogP contribution in [0.3, 0.4) is 0 Å². The number of ether oxygens (including phenoxy) is 1. The molecule has 1 atom stereocenters. The zero-order chi connectivity index (χ0) is 16.9. The Bertz CT molecular complexity index is 816. The number of aromatic nitrogens is 2. The highest BCUT2D eigenvalue weighted by molar-refractivity contribution is 7.14. The highest BCUT2D eigenvalue weighted by atomic mass is 32.1. The van der Waals surface area contributed by atoms with Crippen LogP contribution in [0.15, 0.2) is 54.0 Å². The summed E-state index contributed by atoms with van der Waals surface area (Å²) in [5.74, 6) is 0.425. The van der Waals surface area contributed by atoms with Gasteiger partial charge in [0.15, 0.2) is 11.2 Å². The molecule has 0 aliphatic carbocycles. The number of carbonyl (C=O) groups is 1. The summed E-state index contributed by atoms with van der Waals surface area (Å²) in [7, 11) is 0. The average Bonchev–Trinajstić information content (AvgIpc) is 3.06. The van der Waals surface area contributed by atoms with Crippen molar-refractivity contribution in [3.05, 3.63) is 59.6 Å². The lowest BCUT2D eigenvalue weighted by molar-refractivity contribution is -0.122. The topological polar surface area (TPSA) is 64.1 Å². The molecule has 2 heterocycles. The van der Waals surface area contributed by atoms with Crippen LogP contribution in [-0.4, -0.2) is 22.0 Å². The maximum Gasteiger partial charge on any atom is 0.266 e. The number of anilines is 1. The molecule has 3 aromatic rings. The van der Waals surface area contributed by atoms with E-state index in [2.05, 4.69) is 15.3 Å². The quantitative estimate of drug-likeness (QED) is 0.765. The fourth-order valence-corrected chi connectivity index (χ4v) is 2.75. The fourth-order valence-electron chi connectivity index (χ4n) is 2.04. The van der Waals surface area contributed by atoms with Crippen LogP contribution in [0.1, 0.15) is 12.5 Å². The minimum absolute atomic E-state index is 0.238. The molecule has 1 aromatic carbocycles. The molecule has 2 aromatic heterocycles. The molecule has 5 nitrogen and oxygen atoms in total. The number of nitrogens with zero attached hydrogens (tertiary/aromatic N) is 2. The zero-order valence-electron chi connectivity index (χ0n) is 13.4. The molecule has 1 N–H and O–H groups in total. The predicted molar refractivity (Wildman–Crippen MR) is 95.2 cm³/mol. The highest BCUT2D eigenvalue weighted by Crippen LogP contribution is 2.23. The van der Waals surface area contributed by atoms with E-state index in [-0.39, 0.29) is 5.91 Å². The molecule has 24 heavy (non-hydrogen) atoms. The van der Waals surface area contributed by atoms with E-state index in [1.54, 1.807) is 13.1 Å². The van der Waals surface area contributed by atoms with Crippen LogP contribution < -0.4 is 10.1 Å². The van der Waals surface area contributed by atoms with Crippen LogP contribution in [0.5, 0.6) is 5.75 Å². The smallest absolute Gasteiger partial charge is 0.266 e. The number of aryl methyl sites for hydroxylation is 1. The van der Waals surface area contributed by atoms with Crippen LogP contribution >= 0.6 is 11.3 Å². The molecule has 3 rings (SSSR count). The largest absolute Gasteiger partial charge is 0.481 e. The van der Waals surface area contributed by atoms with E-state index in [4.69, 9.17) is 4.74 Å². The Morgan fingerprint density at radius 2 is 1.96 bits per heavy atom. The number of pyridine rings is 1. The summed E-state index contributed by atoms with van der Waals surface area (Å²) < 4.78 is 5.65. The fraction of sp³-hybridized carbons (Fsp3) is 0.167. The number of carbonyl (C=O) groups excluding carboxylic acids is 1. The zero-order valence-corrected chi connectivity index (χ0v) is 14.2.